The molecule has 0 amide bonds. The molecular weight excluding hydrogens is 320 g/mol. The fraction of sp³-hybridized carbons (Fsp3) is 0.650. The number of fused-ring (bicyclic) bond motifs is 1. The number of allylic oxidation sites excluding steroid dienone is 4. The molecule has 0 aliphatic heterocycles. The van der Waals surface area contributed by atoms with Gasteiger partial charge in [0, 0.05) is 23.7 Å². The van der Waals surface area contributed by atoms with E-state index in [2.05, 4.69) is 0 Å². The lowest BCUT2D eigenvalue weighted by Gasteiger charge is -2.47. The number of aliphatic hydroxyl groups is 2. The fourth-order valence-electron chi connectivity index (χ4n) is 5.25. The van der Waals surface area contributed by atoms with Crippen LogP contribution in [0.15, 0.2) is 23.8 Å². The monoisotopic (exact) mass is 346 g/mol. The Balaban J connectivity index is 1.90. The third-order valence-corrected chi connectivity index (χ3v) is 6.73. The Kier molecular flexibility index (Phi) is 4.58. The van der Waals surface area contributed by atoms with Gasteiger partial charge in [-0.3, -0.25) is 14.4 Å². The maximum absolute atomic E-state index is 13.0. The molecule has 136 valence electrons. The SMILES string of the molecule is CCC1=CC(=O)C=CC1(C)C1CC2CCC(C(=O)CO)[C@@]2(O)CC1=O. The molecular formula is C20H26O5. The van der Waals surface area contributed by atoms with E-state index >= 15 is 0 Å². The predicted molar refractivity (Wildman–Crippen MR) is 91.6 cm³/mol. The third kappa shape index (κ3) is 2.74. The van der Waals surface area contributed by atoms with Crippen molar-refractivity contribution in [3.05, 3.63) is 23.8 Å². The molecule has 3 aliphatic carbocycles. The number of ketones is 3. The number of carbonyl (C=O) groups is 3. The molecule has 4 unspecified atom stereocenters. The van der Waals surface area contributed by atoms with Crippen LogP contribution in [0.4, 0.5) is 0 Å². The van der Waals surface area contributed by atoms with Crippen LogP contribution in [0.1, 0.15) is 46.0 Å². The molecule has 2 fully saturated rings. The lowest BCUT2D eigenvalue weighted by Crippen LogP contribution is -2.53. The van der Waals surface area contributed by atoms with E-state index < -0.39 is 23.5 Å². The summed E-state index contributed by atoms with van der Waals surface area (Å²) in [4.78, 5) is 36.7. The topological polar surface area (TPSA) is 91.7 Å². The highest BCUT2D eigenvalue weighted by Gasteiger charge is 2.58. The maximum atomic E-state index is 13.0. The Hall–Kier alpha value is -1.59. The minimum absolute atomic E-state index is 0.0485. The molecule has 0 bridgehead atoms. The van der Waals surface area contributed by atoms with Crippen LogP contribution in [0.25, 0.3) is 0 Å². The molecule has 0 aromatic heterocycles. The summed E-state index contributed by atoms with van der Waals surface area (Å²) >= 11 is 0. The zero-order chi connectivity index (χ0) is 18.4. The molecule has 5 nitrogen and oxygen atoms in total. The summed E-state index contributed by atoms with van der Waals surface area (Å²) in [6, 6.07) is 0. The highest BCUT2D eigenvalue weighted by molar-refractivity contribution is 6.01. The van der Waals surface area contributed by atoms with Crippen LogP contribution in [-0.2, 0) is 14.4 Å². The Morgan fingerprint density at radius 3 is 2.68 bits per heavy atom. The highest BCUT2D eigenvalue weighted by Crippen LogP contribution is 2.55. The van der Waals surface area contributed by atoms with Crippen LogP contribution in [0.2, 0.25) is 0 Å². The second-order valence-electron chi connectivity index (χ2n) is 7.92. The first kappa shape index (κ1) is 18.2. The first-order chi connectivity index (χ1) is 11.8. The molecule has 5 heteroatoms. The highest BCUT2D eigenvalue weighted by atomic mass is 16.3. The number of carbonyl (C=O) groups excluding carboxylic acids is 3. The second kappa shape index (κ2) is 6.29. The van der Waals surface area contributed by atoms with E-state index in [0.717, 1.165) is 5.57 Å². The molecule has 0 radical (unpaired) electrons. The van der Waals surface area contributed by atoms with Crippen molar-refractivity contribution in [2.24, 2.45) is 23.2 Å². The van der Waals surface area contributed by atoms with Crippen LogP contribution in [0.5, 0.6) is 0 Å². The number of hydrogen-bond acceptors (Lipinski definition) is 5. The third-order valence-electron chi connectivity index (χ3n) is 6.73. The largest absolute Gasteiger partial charge is 0.389 e. The number of rotatable bonds is 4. The van der Waals surface area contributed by atoms with Gasteiger partial charge in [0.1, 0.15) is 12.4 Å². The predicted octanol–water partition coefficient (Wildman–Crippen LogP) is 1.77. The van der Waals surface area contributed by atoms with Crippen molar-refractivity contribution < 1.29 is 24.6 Å². The zero-order valence-electron chi connectivity index (χ0n) is 14.8. The van der Waals surface area contributed by atoms with Gasteiger partial charge in [-0.2, -0.15) is 0 Å². The number of hydrogen-bond donors (Lipinski definition) is 2. The van der Waals surface area contributed by atoms with Crippen molar-refractivity contribution >= 4 is 17.3 Å². The first-order valence-corrected chi connectivity index (χ1v) is 9.09. The smallest absolute Gasteiger partial charge is 0.178 e. The van der Waals surface area contributed by atoms with Crippen LogP contribution in [0.3, 0.4) is 0 Å². The molecule has 5 atom stereocenters. The Morgan fingerprint density at radius 1 is 1.32 bits per heavy atom. The molecule has 3 aliphatic rings. The molecule has 0 aromatic carbocycles. The van der Waals surface area contributed by atoms with Crippen LogP contribution < -0.4 is 0 Å². The fourth-order valence-corrected chi connectivity index (χ4v) is 5.25. The maximum Gasteiger partial charge on any atom is 0.178 e. The summed E-state index contributed by atoms with van der Waals surface area (Å²) in [7, 11) is 0. The minimum atomic E-state index is -1.33. The molecule has 0 aromatic rings. The second-order valence-corrected chi connectivity index (χ2v) is 7.92. The molecule has 2 N–H and O–H groups in total. The normalized spacial score (nSPS) is 40.8. The van der Waals surface area contributed by atoms with Gasteiger partial charge in [-0.1, -0.05) is 25.5 Å². The summed E-state index contributed by atoms with van der Waals surface area (Å²) < 4.78 is 0. The lowest BCUT2D eigenvalue weighted by molar-refractivity contribution is -0.151. The van der Waals surface area contributed by atoms with Crippen molar-refractivity contribution in [2.75, 3.05) is 6.61 Å². The molecule has 2 saturated carbocycles. The van der Waals surface area contributed by atoms with Crippen LogP contribution >= 0.6 is 0 Å². The van der Waals surface area contributed by atoms with Gasteiger partial charge in [0.2, 0.25) is 0 Å². The summed E-state index contributed by atoms with van der Waals surface area (Å²) in [5.41, 5.74) is -0.890. The Labute approximate surface area is 147 Å². The van der Waals surface area contributed by atoms with Gasteiger partial charge >= 0.3 is 0 Å². The summed E-state index contributed by atoms with van der Waals surface area (Å²) in [6.07, 6.45) is 7.34. The summed E-state index contributed by atoms with van der Waals surface area (Å²) in [5.74, 6) is -1.56. The Bertz CT molecular complexity index is 676. The van der Waals surface area contributed by atoms with E-state index in [9.17, 15) is 19.5 Å². The Morgan fingerprint density at radius 2 is 2.04 bits per heavy atom. The van der Waals surface area contributed by atoms with E-state index in [0.29, 0.717) is 25.7 Å². The first-order valence-electron chi connectivity index (χ1n) is 9.09. The van der Waals surface area contributed by atoms with Crippen molar-refractivity contribution in [1.82, 2.24) is 0 Å². The van der Waals surface area contributed by atoms with Crippen molar-refractivity contribution in [3.63, 3.8) is 0 Å². The van der Waals surface area contributed by atoms with Gasteiger partial charge in [0.05, 0.1) is 5.60 Å². The van der Waals surface area contributed by atoms with Crippen molar-refractivity contribution in [1.29, 1.82) is 0 Å². The van der Waals surface area contributed by atoms with Gasteiger partial charge < -0.3 is 10.2 Å². The van der Waals surface area contributed by atoms with E-state index in [-0.39, 0.29) is 35.6 Å². The summed E-state index contributed by atoms with van der Waals surface area (Å²) in [5, 5.41) is 20.2. The summed E-state index contributed by atoms with van der Waals surface area (Å²) in [6.45, 7) is 3.37. The van der Waals surface area contributed by atoms with E-state index in [4.69, 9.17) is 5.11 Å². The average molecular weight is 346 g/mol. The van der Waals surface area contributed by atoms with Crippen LogP contribution in [0, 0.1) is 23.2 Å². The molecule has 0 heterocycles. The molecule has 0 saturated heterocycles. The molecule has 3 rings (SSSR count). The van der Waals surface area contributed by atoms with Crippen molar-refractivity contribution in [3.8, 4) is 0 Å². The van der Waals surface area contributed by atoms with Gasteiger partial charge in [0.15, 0.2) is 11.6 Å². The van der Waals surface area contributed by atoms with E-state index in [1.807, 2.05) is 19.9 Å². The standard InChI is InChI=1S/C20H26O5/c1-3-12-8-14(22)6-7-19(12,2)16-9-13-4-5-15(18(24)11-21)20(13,25)10-17(16)23/h6-8,13,15-16,21,25H,3-5,9-11H2,1-2H3/t13?,15?,16?,19?,20-/m1/s1. The van der Waals surface area contributed by atoms with E-state index in [1.165, 1.54) is 6.08 Å². The minimum Gasteiger partial charge on any atom is -0.389 e. The van der Waals surface area contributed by atoms with Gasteiger partial charge in [-0.25, -0.2) is 0 Å². The van der Waals surface area contributed by atoms with Gasteiger partial charge in [-0.05, 0) is 43.8 Å². The lowest BCUT2D eigenvalue weighted by atomic mass is 9.58. The van der Waals surface area contributed by atoms with Crippen LogP contribution in [-0.4, -0.2) is 39.8 Å². The number of aliphatic hydroxyl groups excluding tert-OH is 1. The quantitative estimate of drug-likeness (QED) is 0.809. The number of Topliss-reactive ketones (excluding diaryl/α,β-unsaturated/α-hetero) is 2. The van der Waals surface area contributed by atoms with Gasteiger partial charge in [-0.15, -0.1) is 0 Å². The molecule has 25 heavy (non-hydrogen) atoms. The zero-order valence-corrected chi connectivity index (χ0v) is 14.8. The van der Waals surface area contributed by atoms with E-state index in [1.54, 1.807) is 6.08 Å². The van der Waals surface area contributed by atoms with Crippen molar-refractivity contribution in [2.45, 2.75) is 51.6 Å². The molecule has 0 spiro atoms. The van der Waals surface area contributed by atoms with Gasteiger partial charge in [0.25, 0.3) is 0 Å². The average Bonchev–Trinajstić information content (AvgIpc) is 2.91.